The van der Waals surface area contributed by atoms with Crippen LogP contribution in [0.5, 0.6) is 0 Å². The number of hydrogen-bond acceptors (Lipinski definition) is 6. The molecule has 1 fully saturated rings. The fourth-order valence-corrected chi connectivity index (χ4v) is 2.15. The van der Waals surface area contributed by atoms with Crippen molar-refractivity contribution >= 4 is 16.1 Å². The lowest BCUT2D eigenvalue weighted by molar-refractivity contribution is -0.157. The van der Waals surface area contributed by atoms with Crippen molar-refractivity contribution in [3.05, 3.63) is 0 Å². The average Bonchev–Trinajstić information content (AvgIpc) is 2.58. The molecule has 0 spiro atoms. The van der Waals surface area contributed by atoms with Gasteiger partial charge in [0.05, 0.1) is 12.9 Å². The van der Waals surface area contributed by atoms with Gasteiger partial charge in [-0.05, 0) is 33.1 Å². The van der Waals surface area contributed by atoms with Gasteiger partial charge in [0.15, 0.2) is 0 Å². The molecule has 2 unspecified atom stereocenters. The van der Waals surface area contributed by atoms with E-state index in [-0.39, 0.29) is 24.5 Å². The summed E-state index contributed by atoms with van der Waals surface area (Å²) in [6.45, 7) is 6.09. The Morgan fingerprint density at radius 3 is 2.50 bits per heavy atom. The Bertz CT molecular complexity index is 398. The third-order valence-corrected chi connectivity index (χ3v) is 3.00. The van der Waals surface area contributed by atoms with Crippen LogP contribution in [-0.2, 0) is 23.8 Å². The summed E-state index contributed by atoms with van der Waals surface area (Å²) in [7, 11) is -3.42. The molecule has 1 aliphatic heterocycles. The quantitative estimate of drug-likeness (QED) is 0.588. The second kappa shape index (κ2) is 5.54. The van der Waals surface area contributed by atoms with E-state index < -0.39 is 15.7 Å². The van der Waals surface area contributed by atoms with Crippen molar-refractivity contribution in [1.29, 1.82) is 0 Å². The number of hydrogen-bond donors (Lipinski definition) is 1. The van der Waals surface area contributed by atoms with Crippen molar-refractivity contribution in [2.75, 3.05) is 19.4 Å². The van der Waals surface area contributed by atoms with Gasteiger partial charge in [0.25, 0.3) is 10.1 Å². The summed E-state index contributed by atoms with van der Waals surface area (Å²) >= 11 is 0. The van der Waals surface area contributed by atoms with Crippen LogP contribution in [0.4, 0.5) is 0 Å². The van der Waals surface area contributed by atoms with Crippen LogP contribution in [0.3, 0.4) is 0 Å². The summed E-state index contributed by atoms with van der Waals surface area (Å²) in [5, 5.41) is 3.02. The third kappa shape index (κ3) is 5.79. The molecule has 1 aliphatic rings. The van der Waals surface area contributed by atoms with Crippen LogP contribution in [-0.4, -0.2) is 45.4 Å². The maximum absolute atomic E-state index is 11.8. The minimum atomic E-state index is -3.42. The second-order valence-corrected chi connectivity index (χ2v) is 7.23. The fourth-order valence-electron chi connectivity index (χ4n) is 1.71. The van der Waals surface area contributed by atoms with Gasteiger partial charge in [-0.25, -0.2) is 0 Å². The zero-order valence-electron chi connectivity index (χ0n) is 11.2. The number of carbonyl (C=O) groups is 1. The molecule has 1 N–H and O–H groups in total. The predicted molar refractivity (Wildman–Crippen MR) is 66.5 cm³/mol. The summed E-state index contributed by atoms with van der Waals surface area (Å²) in [6, 6.07) is -0.377. The molecule has 0 aromatic carbocycles. The van der Waals surface area contributed by atoms with Crippen molar-refractivity contribution in [3.63, 3.8) is 0 Å². The van der Waals surface area contributed by atoms with Gasteiger partial charge in [-0.3, -0.25) is 8.98 Å². The second-order valence-electron chi connectivity index (χ2n) is 5.58. The summed E-state index contributed by atoms with van der Waals surface area (Å²) in [4.78, 5) is 11.8. The van der Waals surface area contributed by atoms with Gasteiger partial charge in [-0.2, -0.15) is 8.42 Å². The van der Waals surface area contributed by atoms with Crippen LogP contribution in [0.1, 0.15) is 27.2 Å². The molecule has 0 amide bonds. The molecule has 6 nitrogen and oxygen atoms in total. The lowest BCUT2D eigenvalue weighted by Crippen LogP contribution is -2.37. The van der Waals surface area contributed by atoms with E-state index in [0.29, 0.717) is 13.0 Å². The Hall–Kier alpha value is -0.660. The number of nitrogens with one attached hydrogen (secondary N) is 1. The maximum Gasteiger partial charge on any atom is 0.323 e. The van der Waals surface area contributed by atoms with E-state index in [2.05, 4.69) is 5.32 Å². The molecule has 0 saturated carbocycles. The van der Waals surface area contributed by atoms with Gasteiger partial charge < -0.3 is 10.1 Å². The Balaban J connectivity index is 2.39. The lowest BCUT2D eigenvalue weighted by Gasteiger charge is -2.22. The van der Waals surface area contributed by atoms with E-state index >= 15 is 0 Å². The summed E-state index contributed by atoms with van der Waals surface area (Å²) < 4.78 is 31.7. The molecule has 0 aliphatic carbocycles. The molecule has 18 heavy (non-hydrogen) atoms. The van der Waals surface area contributed by atoms with E-state index in [4.69, 9.17) is 8.92 Å². The zero-order valence-corrected chi connectivity index (χ0v) is 12.0. The van der Waals surface area contributed by atoms with Crippen molar-refractivity contribution in [2.45, 2.75) is 38.8 Å². The molecule has 1 heterocycles. The van der Waals surface area contributed by atoms with Crippen LogP contribution >= 0.6 is 0 Å². The molecular weight excluding hydrogens is 258 g/mol. The highest BCUT2D eigenvalue weighted by molar-refractivity contribution is 7.85. The van der Waals surface area contributed by atoms with Crippen molar-refractivity contribution < 1.29 is 22.1 Å². The lowest BCUT2D eigenvalue weighted by atomic mass is 10.1. The highest BCUT2D eigenvalue weighted by Crippen LogP contribution is 2.18. The molecule has 1 saturated heterocycles. The SMILES string of the molecule is CC(C)(C)OC(=O)C1CC(COS(C)(=O)=O)CN1. The highest BCUT2D eigenvalue weighted by atomic mass is 32.2. The van der Waals surface area contributed by atoms with Gasteiger partial charge in [-0.15, -0.1) is 0 Å². The number of esters is 1. The first-order valence-corrected chi connectivity index (χ1v) is 7.69. The van der Waals surface area contributed by atoms with Crippen LogP contribution in [0.15, 0.2) is 0 Å². The predicted octanol–water partition coefficient (Wildman–Crippen LogP) is 0.282. The van der Waals surface area contributed by atoms with Crippen molar-refractivity contribution in [2.24, 2.45) is 5.92 Å². The minimum Gasteiger partial charge on any atom is -0.459 e. The topological polar surface area (TPSA) is 81.7 Å². The molecule has 2 atom stereocenters. The first kappa shape index (κ1) is 15.4. The summed E-state index contributed by atoms with van der Waals surface area (Å²) in [6.07, 6.45) is 1.55. The summed E-state index contributed by atoms with van der Waals surface area (Å²) in [5.74, 6) is -0.290. The van der Waals surface area contributed by atoms with E-state index in [1.807, 2.05) is 20.8 Å². The molecule has 7 heteroatoms. The van der Waals surface area contributed by atoms with Gasteiger partial charge in [0.2, 0.25) is 0 Å². The maximum atomic E-state index is 11.8. The highest BCUT2D eigenvalue weighted by Gasteiger charge is 2.33. The standard InChI is InChI=1S/C11H21NO5S/c1-11(2,3)17-10(13)9-5-8(6-12-9)7-16-18(4,14)15/h8-9,12H,5-7H2,1-4H3. The molecular formula is C11H21NO5S. The molecule has 0 bridgehead atoms. The first-order chi connectivity index (χ1) is 8.07. The van der Waals surface area contributed by atoms with Gasteiger partial charge in [0, 0.05) is 6.54 Å². The van der Waals surface area contributed by atoms with Gasteiger partial charge >= 0.3 is 5.97 Å². The molecule has 106 valence electrons. The normalized spacial score (nSPS) is 25.1. The molecule has 1 rings (SSSR count). The number of rotatable bonds is 4. The number of ether oxygens (including phenoxy) is 1. The van der Waals surface area contributed by atoms with E-state index in [1.54, 1.807) is 0 Å². The van der Waals surface area contributed by atoms with Crippen LogP contribution in [0.2, 0.25) is 0 Å². The molecule has 0 radical (unpaired) electrons. The summed E-state index contributed by atoms with van der Waals surface area (Å²) in [5.41, 5.74) is -0.514. The van der Waals surface area contributed by atoms with E-state index in [1.165, 1.54) is 0 Å². The van der Waals surface area contributed by atoms with E-state index in [0.717, 1.165) is 6.26 Å². The average molecular weight is 279 g/mol. The first-order valence-electron chi connectivity index (χ1n) is 5.87. The van der Waals surface area contributed by atoms with Crippen LogP contribution in [0.25, 0.3) is 0 Å². The van der Waals surface area contributed by atoms with Gasteiger partial charge in [-0.1, -0.05) is 0 Å². The smallest absolute Gasteiger partial charge is 0.323 e. The van der Waals surface area contributed by atoms with Crippen molar-refractivity contribution in [3.8, 4) is 0 Å². The fraction of sp³-hybridized carbons (Fsp3) is 0.909. The van der Waals surface area contributed by atoms with Crippen LogP contribution in [0, 0.1) is 5.92 Å². The Labute approximate surface area is 108 Å². The Kier molecular flexibility index (Phi) is 4.74. The van der Waals surface area contributed by atoms with Crippen molar-refractivity contribution in [1.82, 2.24) is 5.32 Å². The minimum absolute atomic E-state index is 0.0113. The van der Waals surface area contributed by atoms with Crippen LogP contribution < -0.4 is 5.32 Å². The zero-order chi connectivity index (χ0) is 14.0. The number of carbonyl (C=O) groups excluding carboxylic acids is 1. The molecule has 0 aromatic rings. The molecule has 0 aromatic heterocycles. The van der Waals surface area contributed by atoms with E-state index in [9.17, 15) is 13.2 Å². The Morgan fingerprint density at radius 1 is 1.39 bits per heavy atom. The third-order valence-electron chi connectivity index (χ3n) is 2.43. The monoisotopic (exact) mass is 279 g/mol. The Morgan fingerprint density at radius 2 is 2.00 bits per heavy atom. The van der Waals surface area contributed by atoms with Gasteiger partial charge in [0.1, 0.15) is 11.6 Å². The largest absolute Gasteiger partial charge is 0.459 e.